The lowest BCUT2D eigenvalue weighted by Gasteiger charge is -1.93. The molecule has 1 aromatic heterocycles. The molecule has 0 saturated carbocycles. The van der Waals surface area contributed by atoms with E-state index < -0.39 is 5.97 Å². The molecule has 0 unspecified atom stereocenters. The van der Waals surface area contributed by atoms with Gasteiger partial charge >= 0.3 is 5.97 Å². The molecule has 0 fully saturated rings. The largest absolute Gasteiger partial charge is 0.461 e. The van der Waals surface area contributed by atoms with Gasteiger partial charge in [-0.25, -0.2) is 4.79 Å². The quantitative estimate of drug-likeness (QED) is 0.255. The van der Waals surface area contributed by atoms with Crippen LogP contribution >= 0.6 is 0 Å². The van der Waals surface area contributed by atoms with Gasteiger partial charge in [-0.2, -0.15) is 0 Å². The van der Waals surface area contributed by atoms with Crippen LogP contribution in [0.15, 0.2) is 22.8 Å². The molecule has 0 radical (unpaired) electrons. The van der Waals surface area contributed by atoms with Gasteiger partial charge in [0.1, 0.15) is 0 Å². The van der Waals surface area contributed by atoms with Crippen molar-refractivity contribution in [3.63, 3.8) is 0 Å². The minimum atomic E-state index is -0.558. The molecule has 84 valence electrons. The number of rotatable bonds is 4. The Balaban J connectivity index is 2.23. The minimum Gasteiger partial charge on any atom is -0.461 e. The third-order valence-electron chi connectivity index (χ3n) is 1.88. The smallest absolute Gasteiger partial charge is 0.384 e. The van der Waals surface area contributed by atoms with E-state index in [0.717, 1.165) is 0 Å². The van der Waals surface area contributed by atoms with Crippen LogP contribution in [0.5, 0.6) is 0 Å². The molecule has 4 nitrogen and oxygen atoms in total. The molecule has 0 spiro atoms. The Bertz CT molecular complexity index is 406. The Morgan fingerprint density at radius 1 is 1.50 bits per heavy atom. The summed E-state index contributed by atoms with van der Waals surface area (Å²) in [7, 11) is 1.28. The first kappa shape index (κ1) is 12.1. The highest BCUT2D eigenvalue weighted by Gasteiger charge is 2.06. The third-order valence-corrected chi connectivity index (χ3v) is 1.88. The van der Waals surface area contributed by atoms with Crippen molar-refractivity contribution in [1.29, 1.82) is 0 Å². The number of carbonyl (C=O) groups is 2. The van der Waals surface area contributed by atoms with Gasteiger partial charge in [-0.3, -0.25) is 4.79 Å². The standard InChI is InChI=1S/C12H12O4/c1-15-12(14)8-4-2-3-6-10(13)11-7-5-9-16-11/h5,7,9H,2-3,6H2,1H3. The average molecular weight is 220 g/mol. The first-order chi connectivity index (χ1) is 7.74. The fourth-order valence-electron chi connectivity index (χ4n) is 1.08. The molecule has 16 heavy (non-hydrogen) atoms. The maximum absolute atomic E-state index is 11.4. The zero-order valence-electron chi connectivity index (χ0n) is 8.99. The monoisotopic (exact) mass is 220 g/mol. The Morgan fingerprint density at radius 3 is 2.94 bits per heavy atom. The number of furan rings is 1. The van der Waals surface area contributed by atoms with Crippen LogP contribution in [0.3, 0.4) is 0 Å². The van der Waals surface area contributed by atoms with Gasteiger partial charge in [0.25, 0.3) is 0 Å². The Labute approximate surface area is 93.6 Å². The number of methoxy groups -OCH3 is 1. The molecule has 1 aromatic rings. The van der Waals surface area contributed by atoms with Crippen LogP contribution in [0.1, 0.15) is 29.8 Å². The Hall–Kier alpha value is -2.02. The van der Waals surface area contributed by atoms with Crippen LogP contribution in [-0.2, 0) is 9.53 Å². The molecule has 0 aliphatic heterocycles. The number of hydrogen-bond acceptors (Lipinski definition) is 4. The molecule has 0 aromatic carbocycles. The number of Topliss-reactive ketones (excluding diaryl/α,β-unsaturated/α-hetero) is 1. The van der Waals surface area contributed by atoms with E-state index in [1.54, 1.807) is 12.1 Å². The van der Waals surface area contributed by atoms with Gasteiger partial charge in [-0.15, -0.1) is 0 Å². The van der Waals surface area contributed by atoms with E-state index >= 15 is 0 Å². The fourth-order valence-corrected chi connectivity index (χ4v) is 1.08. The van der Waals surface area contributed by atoms with Gasteiger partial charge in [0.05, 0.1) is 13.4 Å². The number of ketones is 1. The van der Waals surface area contributed by atoms with Crippen LogP contribution in [-0.4, -0.2) is 18.9 Å². The zero-order valence-corrected chi connectivity index (χ0v) is 8.99. The normalized spacial score (nSPS) is 9.06. The molecule has 0 saturated heterocycles. The van der Waals surface area contributed by atoms with E-state index in [1.807, 2.05) is 0 Å². The number of unbranched alkanes of at least 4 members (excludes halogenated alkanes) is 1. The molecule has 0 atom stereocenters. The predicted molar refractivity (Wildman–Crippen MR) is 56.7 cm³/mol. The summed E-state index contributed by atoms with van der Waals surface area (Å²) in [5.74, 6) is 4.68. The van der Waals surface area contributed by atoms with Crippen LogP contribution in [0.2, 0.25) is 0 Å². The first-order valence-corrected chi connectivity index (χ1v) is 4.87. The summed E-state index contributed by atoms with van der Waals surface area (Å²) in [4.78, 5) is 22.0. The second-order valence-electron chi connectivity index (χ2n) is 3.05. The molecule has 0 bridgehead atoms. The molecular formula is C12H12O4. The van der Waals surface area contributed by atoms with Crippen LogP contribution < -0.4 is 0 Å². The lowest BCUT2D eigenvalue weighted by molar-refractivity contribution is -0.133. The topological polar surface area (TPSA) is 56.5 Å². The van der Waals surface area contributed by atoms with Crippen LogP contribution in [0.25, 0.3) is 0 Å². The maximum Gasteiger partial charge on any atom is 0.384 e. The Kier molecular flexibility index (Phi) is 4.87. The summed E-state index contributed by atoms with van der Waals surface area (Å²) in [5.41, 5.74) is 0. The summed E-state index contributed by atoms with van der Waals surface area (Å²) in [6, 6.07) is 3.30. The molecule has 1 rings (SSSR count). The Morgan fingerprint density at radius 2 is 2.31 bits per heavy atom. The number of ether oxygens (including phenoxy) is 1. The average Bonchev–Trinajstić information content (AvgIpc) is 2.81. The van der Waals surface area contributed by atoms with Gasteiger partial charge in [-0.05, 0) is 18.6 Å². The van der Waals surface area contributed by atoms with Crippen molar-refractivity contribution < 1.29 is 18.7 Å². The molecule has 1 heterocycles. The maximum atomic E-state index is 11.4. The van der Waals surface area contributed by atoms with E-state index in [9.17, 15) is 9.59 Å². The van der Waals surface area contributed by atoms with Gasteiger partial charge in [0, 0.05) is 18.8 Å². The second kappa shape index (κ2) is 6.46. The SMILES string of the molecule is COC(=O)C#CCCCC(=O)c1ccco1. The van der Waals surface area contributed by atoms with E-state index in [1.165, 1.54) is 13.4 Å². The van der Waals surface area contributed by atoms with Gasteiger partial charge in [0.2, 0.25) is 0 Å². The van der Waals surface area contributed by atoms with Crippen molar-refractivity contribution in [3.05, 3.63) is 24.2 Å². The van der Waals surface area contributed by atoms with Crippen molar-refractivity contribution >= 4 is 11.8 Å². The zero-order chi connectivity index (χ0) is 11.8. The highest BCUT2D eigenvalue weighted by Crippen LogP contribution is 2.06. The molecule has 0 aliphatic rings. The second-order valence-corrected chi connectivity index (χ2v) is 3.05. The van der Waals surface area contributed by atoms with Crippen molar-refractivity contribution in [1.82, 2.24) is 0 Å². The summed E-state index contributed by atoms with van der Waals surface area (Å²) < 4.78 is 9.29. The highest BCUT2D eigenvalue weighted by molar-refractivity contribution is 5.93. The van der Waals surface area contributed by atoms with Gasteiger partial charge in [-0.1, -0.05) is 5.92 Å². The van der Waals surface area contributed by atoms with E-state index in [0.29, 0.717) is 25.0 Å². The number of hydrogen-bond donors (Lipinski definition) is 0. The molecular weight excluding hydrogens is 208 g/mol. The van der Waals surface area contributed by atoms with Crippen molar-refractivity contribution in [2.75, 3.05) is 7.11 Å². The van der Waals surface area contributed by atoms with Crippen LogP contribution in [0.4, 0.5) is 0 Å². The van der Waals surface area contributed by atoms with E-state index in [-0.39, 0.29) is 5.78 Å². The van der Waals surface area contributed by atoms with Crippen molar-refractivity contribution in [2.24, 2.45) is 0 Å². The van der Waals surface area contributed by atoms with Crippen molar-refractivity contribution in [2.45, 2.75) is 19.3 Å². The third kappa shape index (κ3) is 4.01. The summed E-state index contributed by atoms with van der Waals surface area (Å²) in [5, 5.41) is 0. The highest BCUT2D eigenvalue weighted by atomic mass is 16.5. The van der Waals surface area contributed by atoms with Crippen molar-refractivity contribution in [3.8, 4) is 11.8 Å². The van der Waals surface area contributed by atoms with E-state index in [4.69, 9.17) is 4.42 Å². The number of carbonyl (C=O) groups excluding carboxylic acids is 2. The van der Waals surface area contributed by atoms with E-state index in [2.05, 4.69) is 16.6 Å². The van der Waals surface area contributed by atoms with Gasteiger partial charge < -0.3 is 9.15 Å². The molecule has 4 heteroatoms. The number of esters is 1. The molecule has 0 aliphatic carbocycles. The summed E-state index contributed by atoms with van der Waals surface area (Å²) >= 11 is 0. The predicted octanol–water partition coefficient (Wildman–Crippen LogP) is 1.81. The molecule has 0 amide bonds. The van der Waals surface area contributed by atoms with Crippen LogP contribution in [0, 0.1) is 11.8 Å². The lowest BCUT2D eigenvalue weighted by atomic mass is 10.1. The first-order valence-electron chi connectivity index (χ1n) is 4.87. The van der Waals surface area contributed by atoms with Gasteiger partial charge in [0.15, 0.2) is 11.5 Å². The summed E-state index contributed by atoms with van der Waals surface area (Å²) in [6.45, 7) is 0. The minimum absolute atomic E-state index is 0.0510. The fraction of sp³-hybridized carbons (Fsp3) is 0.333. The molecule has 0 N–H and O–H groups in total. The lowest BCUT2D eigenvalue weighted by Crippen LogP contribution is -1.97. The summed E-state index contributed by atoms with van der Waals surface area (Å²) in [6.07, 6.45) is 2.92.